The maximum Gasteiger partial charge on any atom is 0.270 e. The molecule has 0 radical (unpaired) electrons. The van der Waals surface area contributed by atoms with Gasteiger partial charge in [0.1, 0.15) is 11.8 Å². The number of rotatable bonds is 5. The number of nitrogens with one attached hydrogen (secondary N) is 1. The number of nitro groups is 1. The average Bonchev–Trinajstić information content (AvgIpc) is 2.54. The minimum absolute atomic E-state index is 0.113. The average molecular weight is 295 g/mol. The molecule has 0 bridgehead atoms. The van der Waals surface area contributed by atoms with Crippen molar-refractivity contribution in [2.75, 3.05) is 11.9 Å². The van der Waals surface area contributed by atoms with Crippen molar-refractivity contribution in [2.24, 2.45) is 10.2 Å². The molecule has 110 valence electrons. The monoisotopic (exact) mass is 295 g/mol. The Kier molecular flexibility index (Phi) is 4.78. The van der Waals surface area contributed by atoms with Gasteiger partial charge < -0.3 is 5.32 Å². The van der Waals surface area contributed by atoms with Crippen LogP contribution in [-0.2, 0) is 0 Å². The molecule has 2 aromatic rings. The molecule has 0 saturated heterocycles. The molecule has 0 atom stereocenters. The highest BCUT2D eigenvalue weighted by Crippen LogP contribution is 2.26. The number of benzene rings is 2. The molecule has 0 fully saturated rings. The van der Waals surface area contributed by atoms with E-state index in [1.165, 1.54) is 18.2 Å². The van der Waals surface area contributed by atoms with Crippen molar-refractivity contribution in [3.8, 4) is 6.07 Å². The fraction of sp³-hybridized carbons (Fsp3) is 0.133. The first-order valence-electron chi connectivity index (χ1n) is 6.58. The van der Waals surface area contributed by atoms with Gasteiger partial charge in [0.25, 0.3) is 5.69 Å². The topological polar surface area (TPSA) is 104 Å². The Labute approximate surface area is 127 Å². The van der Waals surface area contributed by atoms with Gasteiger partial charge in [0, 0.05) is 24.4 Å². The lowest BCUT2D eigenvalue weighted by atomic mass is 10.2. The molecule has 0 unspecified atom stereocenters. The van der Waals surface area contributed by atoms with Gasteiger partial charge in [0.15, 0.2) is 0 Å². The standard InChI is InChI=1S/C15H13N5O2/c1-2-17-12-3-5-13(6-4-12)18-19-15-8-7-14(20(21)22)9-11(15)10-16/h3-9,17H,2H2,1H3. The summed E-state index contributed by atoms with van der Waals surface area (Å²) in [5.41, 5.74) is 1.87. The maximum absolute atomic E-state index is 10.7. The van der Waals surface area contributed by atoms with Gasteiger partial charge in [-0.05, 0) is 37.3 Å². The van der Waals surface area contributed by atoms with Crippen molar-refractivity contribution in [3.05, 3.63) is 58.1 Å². The summed E-state index contributed by atoms with van der Waals surface area (Å²) in [6.07, 6.45) is 0. The molecule has 1 N–H and O–H groups in total. The Bertz CT molecular complexity index is 748. The lowest BCUT2D eigenvalue weighted by molar-refractivity contribution is -0.384. The molecule has 0 aliphatic carbocycles. The van der Waals surface area contributed by atoms with Crippen LogP contribution in [0.15, 0.2) is 52.7 Å². The van der Waals surface area contributed by atoms with Gasteiger partial charge >= 0.3 is 0 Å². The van der Waals surface area contributed by atoms with Gasteiger partial charge in [0.2, 0.25) is 0 Å². The number of anilines is 1. The fourth-order valence-electron chi connectivity index (χ4n) is 1.78. The van der Waals surface area contributed by atoms with Crippen molar-refractivity contribution in [1.29, 1.82) is 5.26 Å². The van der Waals surface area contributed by atoms with E-state index in [4.69, 9.17) is 5.26 Å². The number of hydrogen-bond acceptors (Lipinski definition) is 6. The molecule has 0 amide bonds. The Morgan fingerprint density at radius 2 is 1.95 bits per heavy atom. The van der Waals surface area contributed by atoms with Crippen LogP contribution in [0.5, 0.6) is 0 Å². The van der Waals surface area contributed by atoms with Gasteiger partial charge in [-0.2, -0.15) is 10.4 Å². The van der Waals surface area contributed by atoms with E-state index in [1.54, 1.807) is 12.1 Å². The highest BCUT2D eigenvalue weighted by atomic mass is 16.6. The minimum Gasteiger partial charge on any atom is -0.385 e. The van der Waals surface area contributed by atoms with Crippen LogP contribution in [0.2, 0.25) is 0 Å². The summed E-state index contributed by atoms with van der Waals surface area (Å²) >= 11 is 0. The van der Waals surface area contributed by atoms with Gasteiger partial charge in [-0.25, -0.2) is 0 Å². The molecule has 0 aliphatic heterocycles. The molecule has 0 spiro atoms. The molecule has 0 heterocycles. The van der Waals surface area contributed by atoms with Crippen LogP contribution in [0.25, 0.3) is 0 Å². The second-order valence-corrected chi connectivity index (χ2v) is 4.35. The molecule has 22 heavy (non-hydrogen) atoms. The quantitative estimate of drug-likeness (QED) is 0.504. The van der Waals surface area contributed by atoms with Crippen LogP contribution in [0.4, 0.5) is 22.7 Å². The fourth-order valence-corrected chi connectivity index (χ4v) is 1.78. The zero-order chi connectivity index (χ0) is 15.9. The van der Waals surface area contributed by atoms with E-state index in [-0.39, 0.29) is 11.3 Å². The van der Waals surface area contributed by atoms with Gasteiger partial charge in [-0.15, -0.1) is 5.11 Å². The van der Waals surface area contributed by atoms with Crippen molar-refractivity contribution in [1.82, 2.24) is 0 Å². The maximum atomic E-state index is 10.7. The zero-order valence-electron chi connectivity index (χ0n) is 11.9. The van der Waals surface area contributed by atoms with Crippen LogP contribution < -0.4 is 5.32 Å². The van der Waals surface area contributed by atoms with E-state index in [0.717, 1.165) is 12.2 Å². The summed E-state index contributed by atoms with van der Waals surface area (Å²) in [6.45, 7) is 2.83. The molecule has 0 aromatic heterocycles. The molecule has 7 nitrogen and oxygen atoms in total. The van der Waals surface area contributed by atoms with E-state index in [2.05, 4.69) is 15.5 Å². The van der Waals surface area contributed by atoms with Crippen LogP contribution in [0.1, 0.15) is 12.5 Å². The smallest absolute Gasteiger partial charge is 0.270 e. The predicted octanol–water partition coefficient (Wildman–Crippen LogP) is 4.31. The molecular formula is C15H13N5O2. The number of nitrogens with zero attached hydrogens (tertiary/aromatic N) is 4. The summed E-state index contributed by atoms with van der Waals surface area (Å²) in [4.78, 5) is 10.1. The number of hydrogen-bond donors (Lipinski definition) is 1. The van der Waals surface area contributed by atoms with Crippen molar-refractivity contribution >= 4 is 22.7 Å². The van der Waals surface area contributed by atoms with Crippen LogP contribution >= 0.6 is 0 Å². The van der Waals surface area contributed by atoms with Crippen LogP contribution in [0, 0.1) is 21.4 Å². The summed E-state index contributed by atoms with van der Waals surface area (Å²) in [6, 6.07) is 13.1. The molecule has 0 saturated carbocycles. The minimum atomic E-state index is -0.554. The zero-order valence-corrected chi connectivity index (χ0v) is 11.9. The lowest BCUT2D eigenvalue weighted by Gasteiger charge is -2.02. The van der Waals surface area contributed by atoms with E-state index >= 15 is 0 Å². The Balaban J connectivity index is 2.22. The predicted molar refractivity (Wildman–Crippen MR) is 82.6 cm³/mol. The molecule has 2 rings (SSSR count). The van der Waals surface area contributed by atoms with Crippen molar-refractivity contribution < 1.29 is 4.92 Å². The van der Waals surface area contributed by atoms with Gasteiger partial charge in [-0.3, -0.25) is 10.1 Å². The number of azo groups is 1. The van der Waals surface area contributed by atoms with E-state index in [9.17, 15) is 10.1 Å². The summed E-state index contributed by atoms with van der Waals surface area (Å²) in [7, 11) is 0. The third-order valence-corrected chi connectivity index (χ3v) is 2.83. The largest absolute Gasteiger partial charge is 0.385 e. The number of non-ortho nitro benzene ring substituents is 1. The Morgan fingerprint density at radius 3 is 2.55 bits per heavy atom. The highest BCUT2D eigenvalue weighted by molar-refractivity contribution is 5.58. The van der Waals surface area contributed by atoms with Crippen LogP contribution in [0.3, 0.4) is 0 Å². The third-order valence-electron chi connectivity index (χ3n) is 2.83. The highest BCUT2D eigenvalue weighted by Gasteiger charge is 2.10. The normalized spacial score (nSPS) is 10.4. The summed E-state index contributed by atoms with van der Waals surface area (Å²) in [5, 5.41) is 30.9. The summed E-state index contributed by atoms with van der Waals surface area (Å²) < 4.78 is 0. The van der Waals surface area contributed by atoms with E-state index < -0.39 is 4.92 Å². The molecule has 2 aromatic carbocycles. The lowest BCUT2D eigenvalue weighted by Crippen LogP contribution is -1.94. The van der Waals surface area contributed by atoms with E-state index in [0.29, 0.717) is 11.4 Å². The Morgan fingerprint density at radius 1 is 1.23 bits per heavy atom. The second kappa shape index (κ2) is 6.95. The molecule has 0 aliphatic rings. The molecule has 7 heteroatoms. The molecular weight excluding hydrogens is 282 g/mol. The van der Waals surface area contributed by atoms with Gasteiger partial charge in [0.05, 0.1) is 16.2 Å². The first-order valence-corrected chi connectivity index (χ1v) is 6.58. The second-order valence-electron chi connectivity index (χ2n) is 4.35. The first-order chi connectivity index (χ1) is 10.6. The van der Waals surface area contributed by atoms with Crippen molar-refractivity contribution in [3.63, 3.8) is 0 Å². The number of nitro benzene ring substituents is 1. The Hall–Kier alpha value is -3.27. The first kappa shape index (κ1) is 15.1. The van der Waals surface area contributed by atoms with Crippen molar-refractivity contribution in [2.45, 2.75) is 6.92 Å². The van der Waals surface area contributed by atoms with E-state index in [1.807, 2.05) is 25.1 Å². The number of nitriles is 1. The SMILES string of the molecule is CCNc1ccc(N=Nc2ccc([N+](=O)[O-])cc2C#N)cc1. The summed E-state index contributed by atoms with van der Waals surface area (Å²) in [5.74, 6) is 0. The van der Waals surface area contributed by atoms with Crippen LogP contribution in [-0.4, -0.2) is 11.5 Å². The van der Waals surface area contributed by atoms with Gasteiger partial charge in [-0.1, -0.05) is 0 Å². The third kappa shape index (κ3) is 3.64.